The van der Waals surface area contributed by atoms with Crippen LogP contribution in [0.3, 0.4) is 0 Å². The molecule has 0 amide bonds. The van der Waals surface area contributed by atoms with Gasteiger partial charge in [-0.15, -0.1) is 0 Å². The van der Waals surface area contributed by atoms with Crippen LogP contribution in [0.15, 0.2) is 46.9 Å². The number of likely N-dealkylation sites (N-methyl/N-ethyl adjacent to an activating group) is 1. The van der Waals surface area contributed by atoms with Gasteiger partial charge in [0.05, 0.1) is 12.0 Å². The van der Waals surface area contributed by atoms with E-state index in [2.05, 4.69) is 35.0 Å². The zero-order chi connectivity index (χ0) is 24.4. The lowest BCUT2D eigenvalue weighted by Crippen LogP contribution is -2.34. The van der Waals surface area contributed by atoms with Crippen molar-refractivity contribution in [2.45, 2.75) is 38.5 Å². The fourth-order valence-corrected chi connectivity index (χ4v) is 5.28. The highest BCUT2D eigenvalue weighted by atomic mass is 16.5. The summed E-state index contributed by atoms with van der Waals surface area (Å²) in [5.41, 5.74) is 5.08. The van der Waals surface area contributed by atoms with Crippen LogP contribution in [0.1, 0.15) is 49.0 Å². The van der Waals surface area contributed by atoms with Gasteiger partial charge < -0.3 is 23.7 Å². The Morgan fingerprint density at radius 3 is 2.71 bits per heavy atom. The minimum absolute atomic E-state index is 0.0453. The largest absolute Gasteiger partial charge is 0.493 e. The van der Waals surface area contributed by atoms with Gasteiger partial charge in [-0.1, -0.05) is 18.2 Å². The average Bonchev–Trinajstić information content (AvgIpc) is 3.46. The number of nitrogens with zero attached hydrogens (tertiary/aromatic N) is 2. The molecule has 7 nitrogen and oxygen atoms in total. The van der Waals surface area contributed by atoms with Crippen molar-refractivity contribution in [2.24, 2.45) is 0 Å². The Kier molecular flexibility index (Phi) is 6.77. The minimum Gasteiger partial charge on any atom is -0.493 e. The van der Waals surface area contributed by atoms with Crippen molar-refractivity contribution in [2.75, 3.05) is 44.7 Å². The molecule has 0 radical (unpaired) electrons. The van der Waals surface area contributed by atoms with E-state index in [1.165, 1.54) is 43.0 Å². The fraction of sp³-hybridized carbons (Fsp3) is 0.429. The van der Waals surface area contributed by atoms with Gasteiger partial charge in [-0.05, 0) is 74.0 Å². The molecule has 0 aliphatic carbocycles. The molecule has 0 spiro atoms. The molecule has 0 bridgehead atoms. The second-order valence-corrected chi connectivity index (χ2v) is 9.64. The van der Waals surface area contributed by atoms with Gasteiger partial charge >= 0.3 is 0 Å². The molecule has 0 atom stereocenters. The first-order valence-electron chi connectivity index (χ1n) is 12.5. The Labute approximate surface area is 206 Å². The quantitative estimate of drug-likeness (QED) is 0.272. The molecule has 35 heavy (non-hydrogen) atoms. The molecule has 0 unspecified atom stereocenters. The van der Waals surface area contributed by atoms with Gasteiger partial charge in [0.25, 0.3) is 5.90 Å². The Balaban J connectivity index is 1.09. The van der Waals surface area contributed by atoms with Gasteiger partial charge in [0.2, 0.25) is 0 Å². The molecule has 2 aliphatic rings. The molecule has 3 aromatic rings. The zero-order valence-corrected chi connectivity index (χ0v) is 20.6. The van der Waals surface area contributed by atoms with Crippen LogP contribution in [0.25, 0.3) is 11.0 Å². The summed E-state index contributed by atoms with van der Waals surface area (Å²) in [5.74, 6) is 1.50. The number of hydrogen-bond acceptors (Lipinski definition) is 7. The molecule has 2 N–H and O–H groups in total. The predicted octanol–water partition coefficient (Wildman–Crippen LogP) is 5.41. The summed E-state index contributed by atoms with van der Waals surface area (Å²) in [7, 11) is 2.18. The number of rotatable bonds is 7. The zero-order valence-electron chi connectivity index (χ0n) is 20.6. The number of hydrogen-bond donors (Lipinski definition) is 2. The summed E-state index contributed by atoms with van der Waals surface area (Å²) < 4.78 is 16.8. The standard InChI is InChI=1S/C28H34N4O3/c1-19(29)34-28(30)27-18-23-25(5-3-6-26(23)35-27)33-16-4-12-32-14-10-20(11-15-32)21-7-8-24-22(17-21)9-13-31(24)2/h3,5-8,17-18,20,29-30H,4,9-16H2,1-2H3. The number of piperidine rings is 1. The third kappa shape index (κ3) is 5.20. The molecule has 1 fully saturated rings. The van der Waals surface area contributed by atoms with Crippen molar-refractivity contribution in [3.8, 4) is 5.75 Å². The monoisotopic (exact) mass is 474 g/mol. The summed E-state index contributed by atoms with van der Waals surface area (Å²) >= 11 is 0. The molecular formula is C28H34N4O3. The van der Waals surface area contributed by atoms with E-state index in [-0.39, 0.29) is 11.8 Å². The van der Waals surface area contributed by atoms with Crippen LogP contribution in [-0.2, 0) is 11.2 Å². The van der Waals surface area contributed by atoms with E-state index in [0.717, 1.165) is 43.7 Å². The summed E-state index contributed by atoms with van der Waals surface area (Å²) in [6, 6.07) is 14.5. The summed E-state index contributed by atoms with van der Waals surface area (Å²) in [6.45, 7) is 6.56. The molecule has 0 saturated carbocycles. The van der Waals surface area contributed by atoms with E-state index in [9.17, 15) is 0 Å². The topological polar surface area (TPSA) is 85.8 Å². The number of likely N-dealkylation sites (tertiary alicyclic amines) is 1. The molecule has 7 heteroatoms. The maximum Gasteiger partial charge on any atom is 0.256 e. The van der Waals surface area contributed by atoms with Gasteiger partial charge in [0.15, 0.2) is 11.7 Å². The van der Waals surface area contributed by atoms with Crippen LogP contribution in [0, 0.1) is 10.8 Å². The van der Waals surface area contributed by atoms with Crippen molar-refractivity contribution in [1.29, 1.82) is 10.8 Å². The number of furan rings is 1. The molecule has 184 valence electrons. The fourth-order valence-electron chi connectivity index (χ4n) is 5.28. The molecular weight excluding hydrogens is 440 g/mol. The molecule has 2 aromatic carbocycles. The third-order valence-corrected chi connectivity index (χ3v) is 7.17. The van der Waals surface area contributed by atoms with E-state index in [1.54, 1.807) is 6.07 Å². The van der Waals surface area contributed by atoms with Gasteiger partial charge in [-0.25, -0.2) is 0 Å². The van der Waals surface area contributed by atoms with E-state index >= 15 is 0 Å². The summed E-state index contributed by atoms with van der Waals surface area (Å²) in [5, 5.41) is 16.2. The van der Waals surface area contributed by atoms with Gasteiger partial charge in [-0.3, -0.25) is 10.8 Å². The van der Waals surface area contributed by atoms with E-state index in [0.29, 0.717) is 23.9 Å². The maximum atomic E-state index is 7.95. The first-order chi connectivity index (χ1) is 17.0. The maximum absolute atomic E-state index is 7.95. The Morgan fingerprint density at radius 1 is 1.09 bits per heavy atom. The van der Waals surface area contributed by atoms with Crippen LogP contribution in [-0.4, -0.2) is 56.5 Å². The van der Waals surface area contributed by atoms with Crippen molar-refractivity contribution >= 4 is 28.5 Å². The highest BCUT2D eigenvalue weighted by molar-refractivity contribution is 6.00. The number of anilines is 1. The predicted molar refractivity (Wildman–Crippen MR) is 139 cm³/mol. The van der Waals surface area contributed by atoms with Crippen LogP contribution < -0.4 is 9.64 Å². The van der Waals surface area contributed by atoms with Gasteiger partial charge in [-0.2, -0.15) is 0 Å². The van der Waals surface area contributed by atoms with Gasteiger partial charge in [0.1, 0.15) is 11.3 Å². The first kappa shape index (κ1) is 23.4. The van der Waals surface area contributed by atoms with Crippen LogP contribution in [0.4, 0.5) is 5.69 Å². The van der Waals surface area contributed by atoms with Crippen LogP contribution in [0.2, 0.25) is 0 Å². The Bertz CT molecular complexity index is 1230. The average molecular weight is 475 g/mol. The van der Waals surface area contributed by atoms with Crippen molar-refractivity contribution < 1.29 is 13.9 Å². The number of fused-ring (bicyclic) bond motifs is 2. The Morgan fingerprint density at radius 2 is 1.91 bits per heavy atom. The summed E-state index contributed by atoms with van der Waals surface area (Å²) in [6.07, 6.45) is 4.57. The minimum atomic E-state index is -0.171. The smallest absolute Gasteiger partial charge is 0.256 e. The van der Waals surface area contributed by atoms with Gasteiger partial charge in [0, 0.05) is 38.8 Å². The summed E-state index contributed by atoms with van der Waals surface area (Å²) in [4.78, 5) is 4.91. The Hall–Kier alpha value is -3.32. The normalized spacial score (nSPS) is 16.5. The van der Waals surface area contributed by atoms with Crippen molar-refractivity contribution in [1.82, 2.24) is 4.90 Å². The second-order valence-electron chi connectivity index (χ2n) is 9.64. The second kappa shape index (κ2) is 10.1. The molecule has 1 aromatic heterocycles. The number of nitrogens with one attached hydrogen (secondary N) is 2. The van der Waals surface area contributed by atoms with Crippen molar-refractivity contribution in [3.63, 3.8) is 0 Å². The lowest BCUT2D eigenvalue weighted by molar-refractivity contribution is 0.193. The van der Waals surface area contributed by atoms with Crippen LogP contribution >= 0.6 is 0 Å². The molecule has 1 saturated heterocycles. The van der Waals surface area contributed by atoms with E-state index in [4.69, 9.17) is 24.7 Å². The molecule has 5 rings (SSSR count). The molecule has 2 aliphatic heterocycles. The van der Waals surface area contributed by atoms with Crippen molar-refractivity contribution in [3.05, 3.63) is 59.4 Å². The lowest BCUT2D eigenvalue weighted by atomic mass is 9.88. The molecule has 3 heterocycles. The van der Waals surface area contributed by atoms with Crippen LogP contribution in [0.5, 0.6) is 5.75 Å². The first-order valence-corrected chi connectivity index (χ1v) is 12.5. The number of benzene rings is 2. The highest BCUT2D eigenvalue weighted by Gasteiger charge is 2.23. The number of ether oxygens (including phenoxy) is 2. The SMILES string of the molecule is CC(=N)OC(=N)c1cc2c(OCCCN3CCC(c4ccc5c(c4)CCN5C)CC3)cccc2o1. The lowest BCUT2D eigenvalue weighted by Gasteiger charge is -2.32. The third-order valence-electron chi connectivity index (χ3n) is 7.17. The van der Waals surface area contributed by atoms with E-state index < -0.39 is 0 Å². The highest BCUT2D eigenvalue weighted by Crippen LogP contribution is 2.34. The van der Waals surface area contributed by atoms with E-state index in [1.807, 2.05) is 18.2 Å².